The zero-order valence-corrected chi connectivity index (χ0v) is 11.9. The molecule has 0 spiro atoms. The summed E-state index contributed by atoms with van der Waals surface area (Å²) in [7, 11) is 0. The third kappa shape index (κ3) is 4.11. The van der Waals surface area contributed by atoms with Gasteiger partial charge in [-0.1, -0.05) is 25.1 Å². The molecule has 1 fully saturated rings. The lowest BCUT2D eigenvalue weighted by atomic mass is 9.99. The van der Waals surface area contributed by atoms with Crippen LogP contribution >= 0.6 is 0 Å². The number of carbonyl (C=O) groups is 2. The first-order valence-electron chi connectivity index (χ1n) is 6.94. The van der Waals surface area contributed by atoms with Crippen LogP contribution in [0.1, 0.15) is 25.3 Å². The number of carbonyl (C=O) groups excluding carboxylic acids is 2. The van der Waals surface area contributed by atoms with Crippen molar-refractivity contribution in [3.63, 3.8) is 0 Å². The summed E-state index contributed by atoms with van der Waals surface area (Å²) in [5.74, 6) is -1.24. The van der Waals surface area contributed by atoms with E-state index in [4.69, 9.17) is 0 Å². The Hall–Kier alpha value is -2.24. The number of nitrogens with zero attached hydrogens (tertiary/aromatic N) is 2. The van der Waals surface area contributed by atoms with Gasteiger partial charge in [-0.2, -0.15) is 5.10 Å². The summed E-state index contributed by atoms with van der Waals surface area (Å²) in [5, 5.41) is 3.62. The summed E-state index contributed by atoms with van der Waals surface area (Å²) in [4.78, 5) is 25.1. The smallest absolute Gasteiger partial charge is 0.329 e. The van der Waals surface area contributed by atoms with Crippen LogP contribution < -0.4 is 5.43 Å². The first-order valence-corrected chi connectivity index (χ1v) is 6.94. The molecule has 1 aromatic rings. The molecule has 5 nitrogen and oxygen atoms in total. The van der Waals surface area contributed by atoms with Crippen LogP contribution in [0.4, 0.5) is 4.39 Å². The molecule has 0 aliphatic carbocycles. The van der Waals surface area contributed by atoms with E-state index >= 15 is 0 Å². The lowest BCUT2D eigenvalue weighted by Crippen LogP contribution is -2.45. The van der Waals surface area contributed by atoms with Crippen molar-refractivity contribution in [1.29, 1.82) is 0 Å². The molecule has 2 rings (SSSR count). The molecule has 6 heteroatoms. The monoisotopic (exact) mass is 291 g/mol. The molecule has 0 bridgehead atoms. The normalized spacial score (nSPS) is 16.2. The van der Waals surface area contributed by atoms with Crippen LogP contribution in [0, 0.1) is 11.7 Å². The van der Waals surface area contributed by atoms with Gasteiger partial charge in [0.05, 0.1) is 6.21 Å². The second-order valence-corrected chi connectivity index (χ2v) is 5.20. The van der Waals surface area contributed by atoms with Crippen molar-refractivity contribution in [3.05, 3.63) is 35.6 Å². The Balaban J connectivity index is 1.87. The molecular formula is C15H18FN3O2. The van der Waals surface area contributed by atoms with Gasteiger partial charge in [-0.25, -0.2) is 9.82 Å². The molecule has 1 aromatic carbocycles. The molecule has 0 saturated carbocycles. The van der Waals surface area contributed by atoms with Crippen LogP contribution in [0.15, 0.2) is 29.4 Å². The largest absolute Gasteiger partial charge is 0.334 e. The van der Waals surface area contributed by atoms with E-state index in [1.807, 2.05) is 0 Å². The molecule has 21 heavy (non-hydrogen) atoms. The number of hydrogen-bond donors (Lipinski definition) is 1. The van der Waals surface area contributed by atoms with Crippen molar-refractivity contribution >= 4 is 18.0 Å². The maximum atomic E-state index is 13.3. The van der Waals surface area contributed by atoms with Crippen LogP contribution in [0.3, 0.4) is 0 Å². The summed E-state index contributed by atoms with van der Waals surface area (Å²) in [5.41, 5.74) is 2.39. The van der Waals surface area contributed by atoms with E-state index in [1.54, 1.807) is 12.1 Å². The summed E-state index contributed by atoms with van der Waals surface area (Å²) < 4.78 is 13.3. The van der Waals surface area contributed by atoms with Gasteiger partial charge in [-0.3, -0.25) is 9.59 Å². The van der Waals surface area contributed by atoms with Crippen LogP contribution in [0.5, 0.6) is 0 Å². The molecule has 1 aliphatic heterocycles. The van der Waals surface area contributed by atoms with Crippen molar-refractivity contribution in [2.75, 3.05) is 13.1 Å². The summed E-state index contributed by atoms with van der Waals surface area (Å²) in [6, 6.07) is 6.04. The minimum Gasteiger partial charge on any atom is -0.334 e. The van der Waals surface area contributed by atoms with Gasteiger partial charge < -0.3 is 4.90 Å². The predicted molar refractivity (Wildman–Crippen MR) is 77.1 cm³/mol. The van der Waals surface area contributed by atoms with Crippen molar-refractivity contribution in [3.8, 4) is 0 Å². The fraction of sp³-hybridized carbons (Fsp3) is 0.400. The van der Waals surface area contributed by atoms with E-state index in [0.29, 0.717) is 19.0 Å². The zero-order chi connectivity index (χ0) is 15.2. The van der Waals surface area contributed by atoms with Crippen LogP contribution in [-0.4, -0.2) is 36.0 Å². The first-order chi connectivity index (χ1) is 10.1. The third-order valence-corrected chi connectivity index (χ3v) is 3.54. The summed E-state index contributed by atoms with van der Waals surface area (Å²) in [6.45, 7) is 3.30. The van der Waals surface area contributed by atoms with E-state index in [2.05, 4.69) is 17.5 Å². The van der Waals surface area contributed by atoms with Gasteiger partial charge in [0.25, 0.3) is 0 Å². The number of hydrazone groups is 1. The van der Waals surface area contributed by atoms with E-state index < -0.39 is 17.6 Å². The highest BCUT2D eigenvalue weighted by atomic mass is 19.1. The van der Waals surface area contributed by atoms with Crippen LogP contribution in [0.25, 0.3) is 0 Å². The van der Waals surface area contributed by atoms with Gasteiger partial charge in [0.2, 0.25) is 0 Å². The lowest BCUT2D eigenvalue weighted by molar-refractivity contribution is -0.146. The average molecular weight is 291 g/mol. The number of benzene rings is 1. The van der Waals surface area contributed by atoms with Gasteiger partial charge in [0.1, 0.15) is 5.82 Å². The maximum absolute atomic E-state index is 13.3. The molecule has 0 atom stereocenters. The Morgan fingerprint density at radius 3 is 2.67 bits per heavy atom. The fourth-order valence-electron chi connectivity index (χ4n) is 2.14. The lowest BCUT2D eigenvalue weighted by Gasteiger charge is -2.29. The molecule has 0 radical (unpaired) electrons. The number of likely N-dealkylation sites (tertiary alicyclic amines) is 1. The van der Waals surface area contributed by atoms with Crippen LogP contribution in [-0.2, 0) is 9.59 Å². The number of amides is 2. The number of hydrogen-bond acceptors (Lipinski definition) is 3. The molecule has 1 N–H and O–H groups in total. The molecule has 112 valence electrons. The topological polar surface area (TPSA) is 61.8 Å². The second-order valence-electron chi connectivity index (χ2n) is 5.20. The van der Waals surface area contributed by atoms with E-state index in [0.717, 1.165) is 12.8 Å². The summed E-state index contributed by atoms with van der Waals surface area (Å²) in [6.07, 6.45) is 2.98. The molecule has 1 heterocycles. The Kier molecular flexibility index (Phi) is 5.03. The van der Waals surface area contributed by atoms with Crippen molar-refractivity contribution < 1.29 is 14.0 Å². The highest BCUT2D eigenvalue weighted by molar-refractivity contribution is 6.35. The highest BCUT2D eigenvalue weighted by Gasteiger charge is 2.25. The molecule has 0 unspecified atom stereocenters. The van der Waals surface area contributed by atoms with E-state index in [9.17, 15) is 14.0 Å². The zero-order valence-electron chi connectivity index (χ0n) is 11.9. The highest BCUT2D eigenvalue weighted by Crippen LogP contribution is 2.15. The van der Waals surface area contributed by atoms with Gasteiger partial charge in [0.15, 0.2) is 0 Å². The molecule has 1 aliphatic rings. The Morgan fingerprint density at radius 1 is 1.33 bits per heavy atom. The maximum Gasteiger partial charge on any atom is 0.329 e. The van der Waals surface area contributed by atoms with Gasteiger partial charge in [-0.15, -0.1) is 0 Å². The number of rotatable bonds is 2. The fourth-order valence-corrected chi connectivity index (χ4v) is 2.14. The Morgan fingerprint density at radius 2 is 2.00 bits per heavy atom. The standard InChI is InChI=1S/C15H18FN3O2/c1-11-6-8-19(9-7-11)15(21)14(20)18-17-10-12-4-2-3-5-13(12)16/h2-5,10-11H,6-9H2,1H3,(H,18,20)/b17-10+. The SMILES string of the molecule is CC1CCN(C(=O)C(=O)N/N=C/c2ccccc2F)CC1. The molecule has 0 aromatic heterocycles. The number of piperidine rings is 1. The van der Waals surface area contributed by atoms with Gasteiger partial charge in [-0.05, 0) is 24.8 Å². The Labute approximate surface area is 122 Å². The van der Waals surface area contributed by atoms with Crippen molar-refractivity contribution in [2.45, 2.75) is 19.8 Å². The first kappa shape index (κ1) is 15.2. The predicted octanol–water partition coefficient (Wildman–Crippen LogP) is 1.53. The second kappa shape index (κ2) is 6.97. The Bertz CT molecular complexity index is 552. The third-order valence-electron chi connectivity index (χ3n) is 3.54. The average Bonchev–Trinajstić information content (AvgIpc) is 2.49. The molecule has 1 saturated heterocycles. The van der Waals surface area contributed by atoms with Gasteiger partial charge in [0, 0.05) is 18.7 Å². The minimum absolute atomic E-state index is 0.247. The minimum atomic E-state index is -0.794. The molecule has 2 amide bonds. The number of halogens is 1. The molecular weight excluding hydrogens is 273 g/mol. The quantitative estimate of drug-likeness (QED) is 0.510. The van der Waals surface area contributed by atoms with E-state index in [-0.39, 0.29) is 5.56 Å². The summed E-state index contributed by atoms with van der Waals surface area (Å²) >= 11 is 0. The number of nitrogens with one attached hydrogen (secondary N) is 1. The van der Waals surface area contributed by atoms with E-state index in [1.165, 1.54) is 23.2 Å². The van der Waals surface area contributed by atoms with Crippen LogP contribution in [0.2, 0.25) is 0 Å². The van der Waals surface area contributed by atoms with Gasteiger partial charge >= 0.3 is 11.8 Å². The van der Waals surface area contributed by atoms with Crippen molar-refractivity contribution in [2.24, 2.45) is 11.0 Å². The van der Waals surface area contributed by atoms with Crippen molar-refractivity contribution in [1.82, 2.24) is 10.3 Å².